The maximum atomic E-state index is 12.8. The molecule has 2 aromatic heterocycles. The Bertz CT molecular complexity index is 1340. The summed E-state index contributed by atoms with van der Waals surface area (Å²) in [5, 5.41) is 14.3. The third-order valence-corrected chi connectivity index (χ3v) is 6.22. The number of pyridine rings is 2. The third-order valence-electron chi connectivity index (χ3n) is 6.22. The molecule has 38 heavy (non-hydrogen) atoms. The van der Waals surface area contributed by atoms with Crippen LogP contribution < -0.4 is 21.1 Å². The van der Waals surface area contributed by atoms with Crippen LogP contribution in [-0.4, -0.2) is 28.3 Å². The van der Waals surface area contributed by atoms with Crippen LogP contribution in [0.4, 0.5) is 11.4 Å². The van der Waals surface area contributed by atoms with Gasteiger partial charge in [0, 0.05) is 47.3 Å². The Kier molecular flexibility index (Phi) is 8.66. The first-order chi connectivity index (χ1) is 18.5. The summed E-state index contributed by atoms with van der Waals surface area (Å²) in [4.78, 5) is 21.5. The Labute approximate surface area is 222 Å². The number of benzene rings is 2. The molecule has 0 bridgehead atoms. The van der Waals surface area contributed by atoms with Crippen LogP contribution in [0.15, 0.2) is 85.5 Å². The summed E-state index contributed by atoms with van der Waals surface area (Å²) in [7, 11) is 0. The normalized spacial score (nSPS) is 10.7. The molecule has 4 aromatic rings. The van der Waals surface area contributed by atoms with E-state index in [1.54, 1.807) is 36.7 Å². The third kappa shape index (κ3) is 6.53. The fraction of sp³-hybridized carbons (Fsp3) is 0.200. The van der Waals surface area contributed by atoms with E-state index in [9.17, 15) is 4.79 Å². The van der Waals surface area contributed by atoms with E-state index in [1.807, 2.05) is 49.6 Å². The summed E-state index contributed by atoms with van der Waals surface area (Å²) in [6, 6.07) is 18.8. The van der Waals surface area contributed by atoms with Crippen LogP contribution >= 0.6 is 0 Å². The quantitative estimate of drug-likeness (QED) is 0.0960. The molecule has 2 heterocycles. The number of nitrogen functional groups attached to an aromatic ring is 1. The van der Waals surface area contributed by atoms with Crippen LogP contribution in [0.2, 0.25) is 0 Å². The summed E-state index contributed by atoms with van der Waals surface area (Å²) in [5.74, 6) is 0.146. The highest BCUT2D eigenvalue weighted by molar-refractivity contribution is 5.95. The monoisotopic (exact) mass is 508 g/mol. The summed E-state index contributed by atoms with van der Waals surface area (Å²) < 4.78 is 5.88. The van der Waals surface area contributed by atoms with Gasteiger partial charge in [-0.25, -0.2) is 4.79 Å². The number of aromatic nitrogens is 2. The number of carbonyl (C=O) groups excluding carboxylic acids is 1. The second-order valence-corrected chi connectivity index (χ2v) is 8.80. The predicted molar refractivity (Wildman–Crippen MR) is 151 cm³/mol. The van der Waals surface area contributed by atoms with Crippen LogP contribution in [0.25, 0.3) is 0 Å². The van der Waals surface area contributed by atoms with E-state index in [0.29, 0.717) is 17.7 Å². The Morgan fingerprint density at radius 3 is 2.16 bits per heavy atom. The number of anilines is 2. The van der Waals surface area contributed by atoms with E-state index in [0.717, 1.165) is 40.0 Å². The van der Waals surface area contributed by atoms with Gasteiger partial charge in [-0.2, -0.15) is 0 Å². The first-order valence-corrected chi connectivity index (χ1v) is 12.6. The minimum absolute atomic E-state index is 0.00225. The molecule has 0 spiro atoms. The molecular weight excluding hydrogens is 476 g/mol. The fourth-order valence-corrected chi connectivity index (χ4v) is 4.20. The van der Waals surface area contributed by atoms with Crippen molar-refractivity contribution in [3.63, 3.8) is 0 Å². The van der Waals surface area contributed by atoms with E-state index in [4.69, 9.17) is 15.9 Å². The summed E-state index contributed by atoms with van der Waals surface area (Å²) >= 11 is 0. The lowest BCUT2D eigenvalue weighted by Gasteiger charge is -2.24. The lowest BCUT2D eigenvalue weighted by Crippen LogP contribution is -2.21. The maximum Gasteiger partial charge on any atom is 0.330 e. The number of nitrogens with one attached hydrogen (secondary N) is 3. The standard InChI is InChI=1S/C30H32N6O2/c1-3-20-15-26(36-29(22-7-5-13-33-17-22)23-8-6-14-34-18-23)25(4-2)27(16-20)38-28(37)19-35-24-11-9-21(10-12-24)30(31)32/h5-18,29,35-36H,3-4,19H2,1-2H3,(H3,31,32). The molecule has 4 rings (SSSR count). The number of nitrogens with zero attached hydrogens (tertiary/aromatic N) is 2. The van der Waals surface area contributed by atoms with Crippen molar-refractivity contribution in [2.45, 2.75) is 32.7 Å². The molecule has 2 aromatic carbocycles. The molecule has 0 unspecified atom stereocenters. The topological polar surface area (TPSA) is 126 Å². The van der Waals surface area contributed by atoms with Crippen molar-refractivity contribution in [2.75, 3.05) is 17.2 Å². The van der Waals surface area contributed by atoms with Gasteiger partial charge in [0.15, 0.2) is 0 Å². The van der Waals surface area contributed by atoms with Gasteiger partial charge in [0.2, 0.25) is 0 Å². The smallest absolute Gasteiger partial charge is 0.330 e. The fourth-order valence-electron chi connectivity index (χ4n) is 4.20. The average Bonchev–Trinajstić information content (AvgIpc) is 2.95. The van der Waals surface area contributed by atoms with Crippen molar-refractivity contribution in [3.8, 4) is 5.75 Å². The van der Waals surface area contributed by atoms with Gasteiger partial charge in [0.25, 0.3) is 0 Å². The minimum Gasteiger partial charge on any atom is -0.425 e. The van der Waals surface area contributed by atoms with E-state index in [1.165, 1.54) is 0 Å². The summed E-state index contributed by atoms with van der Waals surface area (Å²) in [6.07, 6.45) is 8.64. The molecule has 0 amide bonds. The summed E-state index contributed by atoms with van der Waals surface area (Å²) in [6.45, 7) is 4.11. The van der Waals surface area contributed by atoms with Crippen molar-refractivity contribution in [3.05, 3.63) is 113 Å². The average molecular weight is 509 g/mol. The molecule has 0 atom stereocenters. The molecule has 8 heteroatoms. The van der Waals surface area contributed by atoms with Gasteiger partial charge in [-0.3, -0.25) is 15.4 Å². The van der Waals surface area contributed by atoms with Gasteiger partial charge < -0.3 is 21.1 Å². The van der Waals surface area contributed by atoms with Crippen LogP contribution in [0, 0.1) is 5.41 Å². The molecule has 0 aliphatic heterocycles. The molecular formula is C30H32N6O2. The Morgan fingerprint density at radius 1 is 0.974 bits per heavy atom. The van der Waals surface area contributed by atoms with Crippen LogP contribution in [0.5, 0.6) is 5.75 Å². The molecule has 0 radical (unpaired) electrons. The van der Waals surface area contributed by atoms with Crippen LogP contribution in [-0.2, 0) is 17.6 Å². The van der Waals surface area contributed by atoms with Gasteiger partial charge in [-0.1, -0.05) is 26.0 Å². The Balaban J connectivity index is 1.57. The maximum absolute atomic E-state index is 12.8. The zero-order valence-corrected chi connectivity index (χ0v) is 21.6. The van der Waals surface area contributed by atoms with E-state index < -0.39 is 5.97 Å². The predicted octanol–water partition coefficient (Wildman–Crippen LogP) is 5.10. The SMILES string of the molecule is CCc1cc(NC(c2cccnc2)c2cccnc2)c(CC)c(OC(=O)CNc2ccc(C(=N)N)cc2)c1. The lowest BCUT2D eigenvalue weighted by molar-refractivity contribution is -0.132. The molecule has 194 valence electrons. The molecule has 5 N–H and O–H groups in total. The van der Waals surface area contributed by atoms with Crippen molar-refractivity contribution in [2.24, 2.45) is 5.73 Å². The van der Waals surface area contributed by atoms with Crippen molar-refractivity contribution >= 4 is 23.2 Å². The number of hydrogen-bond acceptors (Lipinski definition) is 7. The minimum atomic E-state index is -0.398. The zero-order valence-electron chi connectivity index (χ0n) is 21.6. The zero-order chi connectivity index (χ0) is 26.9. The number of ether oxygens (including phenoxy) is 1. The molecule has 0 aliphatic rings. The van der Waals surface area contributed by atoms with Crippen LogP contribution in [0.1, 0.15) is 47.7 Å². The number of rotatable bonds is 11. The van der Waals surface area contributed by atoms with Gasteiger partial charge in [0.1, 0.15) is 18.1 Å². The largest absolute Gasteiger partial charge is 0.425 e. The van der Waals surface area contributed by atoms with E-state index in [-0.39, 0.29) is 18.4 Å². The van der Waals surface area contributed by atoms with Gasteiger partial charge in [-0.05, 0) is 78.1 Å². The Morgan fingerprint density at radius 2 is 1.63 bits per heavy atom. The second kappa shape index (κ2) is 12.5. The molecule has 0 fully saturated rings. The number of amidine groups is 1. The number of nitrogens with two attached hydrogens (primary N) is 1. The van der Waals surface area contributed by atoms with Gasteiger partial charge in [0.05, 0.1) is 6.04 Å². The number of aryl methyl sites for hydroxylation is 1. The van der Waals surface area contributed by atoms with Crippen molar-refractivity contribution < 1.29 is 9.53 Å². The Hall–Kier alpha value is -4.72. The van der Waals surface area contributed by atoms with Gasteiger partial charge >= 0.3 is 5.97 Å². The second-order valence-electron chi connectivity index (χ2n) is 8.80. The molecule has 0 saturated carbocycles. The molecule has 0 aliphatic carbocycles. The first kappa shape index (κ1) is 26.3. The lowest BCUT2D eigenvalue weighted by atomic mass is 9.98. The van der Waals surface area contributed by atoms with E-state index >= 15 is 0 Å². The highest BCUT2D eigenvalue weighted by atomic mass is 16.5. The van der Waals surface area contributed by atoms with Gasteiger partial charge in [-0.15, -0.1) is 0 Å². The van der Waals surface area contributed by atoms with Crippen LogP contribution in [0.3, 0.4) is 0 Å². The summed E-state index contributed by atoms with van der Waals surface area (Å²) in [5.41, 5.74) is 11.7. The van der Waals surface area contributed by atoms with E-state index in [2.05, 4.69) is 33.6 Å². The highest BCUT2D eigenvalue weighted by Crippen LogP contribution is 2.34. The van der Waals surface area contributed by atoms with Crippen molar-refractivity contribution in [1.82, 2.24) is 9.97 Å². The highest BCUT2D eigenvalue weighted by Gasteiger charge is 2.20. The number of hydrogen-bond donors (Lipinski definition) is 4. The molecule has 0 saturated heterocycles. The first-order valence-electron chi connectivity index (χ1n) is 12.6. The number of esters is 1. The molecule has 8 nitrogen and oxygen atoms in total. The number of carbonyl (C=O) groups is 1. The van der Waals surface area contributed by atoms with Crippen molar-refractivity contribution in [1.29, 1.82) is 5.41 Å².